The van der Waals surface area contributed by atoms with Crippen molar-refractivity contribution in [1.82, 2.24) is 15.2 Å². The number of halogens is 3. The summed E-state index contributed by atoms with van der Waals surface area (Å²) in [5, 5.41) is 5.76. The molecule has 7 nitrogen and oxygen atoms in total. The molecule has 208 valence electrons. The molecule has 1 saturated heterocycles. The van der Waals surface area contributed by atoms with E-state index in [9.17, 15) is 18.0 Å². The third-order valence-corrected chi connectivity index (χ3v) is 6.67. The fraction of sp³-hybridized carbons (Fsp3) is 0.300. The number of hydrogen-bond acceptors (Lipinski definition) is 6. The predicted octanol–water partition coefficient (Wildman–Crippen LogP) is 5.53. The number of pyridine rings is 1. The summed E-state index contributed by atoms with van der Waals surface area (Å²) in [6, 6.07) is 14.4. The van der Waals surface area contributed by atoms with Gasteiger partial charge in [-0.3, -0.25) is 14.8 Å². The first-order valence-corrected chi connectivity index (χ1v) is 13.3. The van der Waals surface area contributed by atoms with Gasteiger partial charge in [-0.15, -0.1) is 0 Å². The summed E-state index contributed by atoms with van der Waals surface area (Å²) in [7, 11) is 0. The molecule has 2 N–H and O–H groups in total. The van der Waals surface area contributed by atoms with Crippen LogP contribution < -0.4 is 15.4 Å². The van der Waals surface area contributed by atoms with Gasteiger partial charge in [-0.2, -0.15) is 13.2 Å². The molecule has 5 rings (SSSR count). The zero-order chi connectivity index (χ0) is 28.0. The first-order chi connectivity index (χ1) is 19.3. The van der Waals surface area contributed by atoms with Gasteiger partial charge in [0.1, 0.15) is 23.0 Å². The lowest BCUT2D eigenvalue weighted by atomic mass is 10.1. The van der Waals surface area contributed by atoms with E-state index in [1.807, 2.05) is 0 Å². The maximum atomic E-state index is 13.5. The van der Waals surface area contributed by atoms with Crippen LogP contribution in [0.4, 0.5) is 18.9 Å². The maximum Gasteiger partial charge on any atom is 0.416 e. The van der Waals surface area contributed by atoms with Crippen LogP contribution in [0.5, 0.6) is 11.5 Å². The fourth-order valence-corrected chi connectivity index (χ4v) is 4.71. The van der Waals surface area contributed by atoms with Gasteiger partial charge in [0.25, 0.3) is 0 Å². The highest BCUT2D eigenvalue weighted by Gasteiger charge is 2.31. The molecule has 40 heavy (non-hydrogen) atoms. The van der Waals surface area contributed by atoms with Crippen molar-refractivity contribution in [2.75, 3.05) is 38.0 Å². The van der Waals surface area contributed by atoms with Crippen LogP contribution in [-0.4, -0.2) is 54.4 Å². The molecular formula is C30H30F3N5O2. The molecular weight excluding hydrogens is 519 g/mol. The Morgan fingerprint density at radius 3 is 2.67 bits per heavy atom. The average Bonchev–Trinajstić information content (AvgIpc) is 3.66. The van der Waals surface area contributed by atoms with E-state index in [1.165, 1.54) is 6.08 Å². The minimum absolute atomic E-state index is 0.118. The summed E-state index contributed by atoms with van der Waals surface area (Å²) < 4.78 is 46.6. The fourth-order valence-electron chi connectivity index (χ4n) is 4.71. The Kier molecular flexibility index (Phi) is 8.45. The quantitative estimate of drug-likeness (QED) is 0.343. The van der Waals surface area contributed by atoms with Crippen LogP contribution in [0.3, 0.4) is 0 Å². The van der Waals surface area contributed by atoms with E-state index in [2.05, 4.69) is 25.5 Å². The second-order valence-electron chi connectivity index (χ2n) is 9.75. The van der Waals surface area contributed by atoms with E-state index in [0.29, 0.717) is 47.8 Å². The molecule has 0 aliphatic carbocycles. The number of nitrogens with one attached hydrogen (secondary N) is 2. The van der Waals surface area contributed by atoms with Crippen LogP contribution in [0.25, 0.3) is 6.08 Å². The second-order valence-corrected chi connectivity index (χ2v) is 9.75. The molecule has 0 radical (unpaired) electrons. The number of likely N-dealkylation sites (tertiary alicyclic amines) is 1. The Balaban J connectivity index is 1.24. The number of amides is 1. The van der Waals surface area contributed by atoms with Crippen molar-refractivity contribution < 1.29 is 22.7 Å². The number of rotatable bonds is 9. The summed E-state index contributed by atoms with van der Waals surface area (Å²) >= 11 is 0. The van der Waals surface area contributed by atoms with E-state index in [4.69, 9.17) is 4.74 Å². The number of ether oxygens (including phenoxy) is 1. The minimum atomic E-state index is -4.50. The normalized spacial score (nSPS) is 15.7. The van der Waals surface area contributed by atoms with E-state index < -0.39 is 17.6 Å². The van der Waals surface area contributed by atoms with Crippen molar-refractivity contribution in [3.8, 4) is 11.5 Å². The lowest BCUT2D eigenvalue weighted by Crippen LogP contribution is -2.22. The van der Waals surface area contributed by atoms with Crippen LogP contribution in [0, 0.1) is 0 Å². The van der Waals surface area contributed by atoms with Gasteiger partial charge in [0.05, 0.1) is 12.1 Å². The minimum Gasteiger partial charge on any atom is -0.457 e. The highest BCUT2D eigenvalue weighted by molar-refractivity contribution is 6.02. The Hall–Kier alpha value is -4.18. The van der Waals surface area contributed by atoms with Gasteiger partial charge in [-0.05, 0) is 86.0 Å². The van der Waals surface area contributed by atoms with Gasteiger partial charge in [0, 0.05) is 37.1 Å². The van der Waals surface area contributed by atoms with Crippen LogP contribution in [0.1, 0.15) is 35.2 Å². The molecule has 3 heterocycles. The smallest absolute Gasteiger partial charge is 0.416 e. The van der Waals surface area contributed by atoms with Gasteiger partial charge >= 0.3 is 6.18 Å². The number of carbonyl (C=O) groups excluding carboxylic acids is 1. The topological polar surface area (TPSA) is 78.8 Å². The van der Waals surface area contributed by atoms with Crippen molar-refractivity contribution >= 4 is 23.5 Å². The number of hydrogen-bond donors (Lipinski definition) is 2. The molecule has 10 heteroatoms. The molecule has 2 aliphatic heterocycles. The summed E-state index contributed by atoms with van der Waals surface area (Å²) in [5.41, 5.74) is 1.27. The van der Waals surface area contributed by atoms with Gasteiger partial charge in [-0.25, -0.2) is 0 Å². The zero-order valence-corrected chi connectivity index (χ0v) is 21.9. The Morgan fingerprint density at radius 1 is 1.07 bits per heavy atom. The zero-order valence-electron chi connectivity index (χ0n) is 21.9. The maximum absolute atomic E-state index is 13.5. The number of aliphatic imine (C=N–C) groups is 1. The summed E-state index contributed by atoms with van der Waals surface area (Å²) in [4.78, 5) is 23.6. The van der Waals surface area contributed by atoms with E-state index in [-0.39, 0.29) is 5.69 Å². The Morgan fingerprint density at radius 2 is 1.90 bits per heavy atom. The van der Waals surface area contributed by atoms with Crippen LogP contribution in [0.2, 0.25) is 0 Å². The third-order valence-electron chi connectivity index (χ3n) is 6.67. The first kappa shape index (κ1) is 27.4. The molecule has 0 unspecified atom stereocenters. The molecule has 0 bridgehead atoms. The van der Waals surface area contributed by atoms with Crippen molar-refractivity contribution in [2.24, 2.45) is 4.99 Å². The monoisotopic (exact) mass is 549 g/mol. The molecule has 1 aromatic heterocycles. The second kappa shape index (κ2) is 12.3. The van der Waals surface area contributed by atoms with Crippen molar-refractivity contribution in [1.29, 1.82) is 0 Å². The van der Waals surface area contributed by atoms with Crippen molar-refractivity contribution in [2.45, 2.75) is 25.4 Å². The molecule has 2 aliphatic rings. The lowest BCUT2D eigenvalue weighted by Gasteiger charge is -2.16. The van der Waals surface area contributed by atoms with E-state index in [1.54, 1.807) is 54.7 Å². The van der Waals surface area contributed by atoms with Gasteiger partial charge in [0.2, 0.25) is 5.91 Å². The highest BCUT2D eigenvalue weighted by Crippen LogP contribution is 2.32. The predicted molar refractivity (Wildman–Crippen MR) is 149 cm³/mol. The Labute approximate surface area is 230 Å². The van der Waals surface area contributed by atoms with Crippen LogP contribution in [-0.2, 0) is 17.4 Å². The summed E-state index contributed by atoms with van der Waals surface area (Å²) in [6.45, 7) is 4.11. The largest absolute Gasteiger partial charge is 0.457 e. The van der Waals surface area contributed by atoms with Crippen LogP contribution in [0.15, 0.2) is 71.9 Å². The summed E-state index contributed by atoms with van der Waals surface area (Å²) in [6.07, 6.45) is 2.73. The number of amidine groups is 1. The molecule has 3 aromatic rings. The van der Waals surface area contributed by atoms with Gasteiger partial charge < -0.3 is 20.3 Å². The number of alkyl halides is 3. The lowest BCUT2D eigenvalue weighted by molar-refractivity contribution is -0.137. The van der Waals surface area contributed by atoms with Gasteiger partial charge in [-0.1, -0.05) is 12.1 Å². The molecule has 0 spiro atoms. The van der Waals surface area contributed by atoms with E-state index >= 15 is 0 Å². The SMILES string of the molecule is O=C(/C=C/c1cccc(Oc2ccnc(C3=NCCN3)c2)c1)Nc1cc(CCN2CCCC2)cc(C(F)(F)F)c1. The van der Waals surface area contributed by atoms with Crippen LogP contribution >= 0.6 is 0 Å². The molecule has 1 amide bonds. The number of anilines is 1. The third kappa shape index (κ3) is 7.47. The standard InChI is InChI=1S/C30H30F3N5O2/c31-30(32,33)23-16-22(9-15-38-13-1-2-14-38)17-24(19-23)37-28(39)7-6-21-4-3-5-25(18-21)40-26-8-10-34-27(20-26)29-35-11-12-36-29/h3-8,10,16-20H,1-2,9,11-15H2,(H,35,36)(H,37,39)/b7-6+. The van der Waals surface area contributed by atoms with Gasteiger partial charge in [0.15, 0.2) is 0 Å². The summed E-state index contributed by atoms with van der Waals surface area (Å²) in [5.74, 6) is 1.35. The molecule has 1 fully saturated rings. The molecule has 2 aromatic carbocycles. The number of carbonyl (C=O) groups is 1. The number of aromatic nitrogens is 1. The number of nitrogens with zero attached hydrogens (tertiary/aromatic N) is 3. The molecule has 0 atom stereocenters. The van der Waals surface area contributed by atoms with Crippen molar-refractivity contribution in [3.05, 3.63) is 89.3 Å². The van der Waals surface area contributed by atoms with Crippen molar-refractivity contribution in [3.63, 3.8) is 0 Å². The number of benzene rings is 2. The van der Waals surface area contributed by atoms with E-state index in [0.717, 1.165) is 50.4 Å². The molecule has 0 saturated carbocycles. The first-order valence-electron chi connectivity index (χ1n) is 13.3. The average molecular weight is 550 g/mol. The highest BCUT2D eigenvalue weighted by atomic mass is 19.4. The Bertz CT molecular complexity index is 1410.